The fraction of sp³-hybridized carbons (Fsp3) is 0.462. The zero-order valence-electron chi connectivity index (χ0n) is 10.6. The minimum Gasteiger partial charge on any atom is -0.507 e. The zero-order chi connectivity index (χ0) is 13.9. The predicted octanol–water partition coefficient (Wildman–Crippen LogP) is 0.335. The van der Waals surface area contributed by atoms with Crippen molar-refractivity contribution in [3.63, 3.8) is 0 Å². The molecule has 1 saturated heterocycles. The smallest absolute Gasteiger partial charge is 0.259 e. The van der Waals surface area contributed by atoms with E-state index in [1.165, 1.54) is 18.2 Å². The Morgan fingerprint density at radius 3 is 2.42 bits per heavy atom. The van der Waals surface area contributed by atoms with Crippen LogP contribution in [-0.2, 0) is 4.74 Å². The summed E-state index contributed by atoms with van der Waals surface area (Å²) in [5.74, 6) is -1.03. The van der Waals surface area contributed by atoms with Crippen LogP contribution in [0, 0.1) is 0 Å². The average Bonchev–Trinajstić information content (AvgIpc) is 2.39. The molecule has 0 saturated carbocycles. The molecule has 104 valence electrons. The lowest BCUT2D eigenvalue weighted by Crippen LogP contribution is -2.56. The lowest BCUT2D eigenvalue weighted by atomic mass is 9.89. The number of amides is 1. The molecule has 1 heterocycles. The van der Waals surface area contributed by atoms with Crippen LogP contribution in [0.1, 0.15) is 23.2 Å². The highest BCUT2D eigenvalue weighted by Crippen LogP contribution is 2.28. The van der Waals surface area contributed by atoms with Crippen LogP contribution in [0.25, 0.3) is 0 Å². The summed E-state index contributed by atoms with van der Waals surface area (Å²) in [4.78, 5) is 12.2. The summed E-state index contributed by atoms with van der Waals surface area (Å²) in [5.41, 5.74) is 5.08. The van der Waals surface area contributed by atoms with Crippen molar-refractivity contribution in [2.45, 2.75) is 18.4 Å². The molecule has 2 rings (SSSR count). The Bertz CT molecular complexity index is 449. The van der Waals surface area contributed by atoms with Gasteiger partial charge in [0.1, 0.15) is 17.1 Å². The fourth-order valence-electron chi connectivity index (χ4n) is 2.21. The molecule has 6 heteroatoms. The van der Waals surface area contributed by atoms with Crippen LogP contribution in [0.3, 0.4) is 0 Å². The maximum atomic E-state index is 12.2. The normalized spacial score (nSPS) is 17.9. The van der Waals surface area contributed by atoms with Gasteiger partial charge in [-0.2, -0.15) is 0 Å². The number of phenolic OH excluding ortho intramolecular Hbond substituents is 2. The summed E-state index contributed by atoms with van der Waals surface area (Å²) in [6.45, 7) is 1.35. The van der Waals surface area contributed by atoms with Crippen molar-refractivity contribution < 1.29 is 19.7 Å². The van der Waals surface area contributed by atoms with Gasteiger partial charge in [-0.1, -0.05) is 6.07 Å². The van der Waals surface area contributed by atoms with Gasteiger partial charge in [0.05, 0.1) is 5.54 Å². The summed E-state index contributed by atoms with van der Waals surface area (Å²) >= 11 is 0. The quantitative estimate of drug-likeness (QED) is 0.631. The van der Waals surface area contributed by atoms with E-state index in [0.29, 0.717) is 26.1 Å². The number of nitrogens with one attached hydrogen (secondary N) is 1. The minimum atomic E-state index is -0.538. The van der Waals surface area contributed by atoms with Crippen molar-refractivity contribution in [2.75, 3.05) is 19.8 Å². The van der Waals surface area contributed by atoms with Crippen molar-refractivity contribution in [3.05, 3.63) is 23.8 Å². The van der Waals surface area contributed by atoms with Crippen LogP contribution in [0.2, 0.25) is 0 Å². The summed E-state index contributed by atoms with van der Waals surface area (Å²) < 4.78 is 5.26. The van der Waals surface area contributed by atoms with Gasteiger partial charge in [0.25, 0.3) is 5.91 Å². The van der Waals surface area contributed by atoms with Gasteiger partial charge in [0.15, 0.2) is 0 Å². The Kier molecular flexibility index (Phi) is 3.92. The Labute approximate surface area is 111 Å². The van der Waals surface area contributed by atoms with E-state index in [0.717, 1.165) is 0 Å². The minimum absolute atomic E-state index is 0.123. The lowest BCUT2D eigenvalue weighted by molar-refractivity contribution is 0.0387. The van der Waals surface area contributed by atoms with Crippen LogP contribution in [0.5, 0.6) is 11.5 Å². The number of nitrogens with two attached hydrogens (primary N) is 1. The van der Waals surface area contributed by atoms with Crippen LogP contribution >= 0.6 is 0 Å². The first-order valence-corrected chi connectivity index (χ1v) is 6.19. The van der Waals surface area contributed by atoms with Crippen molar-refractivity contribution in [3.8, 4) is 11.5 Å². The molecule has 0 unspecified atom stereocenters. The van der Waals surface area contributed by atoms with Gasteiger partial charge in [0.2, 0.25) is 0 Å². The van der Waals surface area contributed by atoms with Gasteiger partial charge in [-0.3, -0.25) is 4.79 Å². The largest absolute Gasteiger partial charge is 0.507 e. The molecule has 1 aromatic carbocycles. The van der Waals surface area contributed by atoms with E-state index in [1.807, 2.05) is 0 Å². The molecule has 0 atom stereocenters. The molecule has 1 aliphatic rings. The van der Waals surface area contributed by atoms with Crippen molar-refractivity contribution in [1.82, 2.24) is 5.32 Å². The Hall–Kier alpha value is -1.79. The molecule has 1 aromatic rings. The Morgan fingerprint density at radius 1 is 1.32 bits per heavy atom. The highest BCUT2D eigenvalue weighted by Gasteiger charge is 2.34. The maximum absolute atomic E-state index is 12.2. The number of rotatable bonds is 3. The van der Waals surface area contributed by atoms with Crippen molar-refractivity contribution in [2.24, 2.45) is 5.73 Å². The van der Waals surface area contributed by atoms with Gasteiger partial charge in [-0.25, -0.2) is 0 Å². The summed E-state index contributed by atoms with van der Waals surface area (Å²) in [6.07, 6.45) is 1.23. The van der Waals surface area contributed by atoms with Crippen LogP contribution < -0.4 is 11.1 Å². The monoisotopic (exact) mass is 266 g/mol. The molecular weight excluding hydrogens is 248 g/mol. The first-order valence-electron chi connectivity index (χ1n) is 6.19. The Morgan fingerprint density at radius 2 is 1.89 bits per heavy atom. The molecular formula is C13H18N2O4. The second-order valence-corrected chi connectivity index (χ2v) is 4.72. The number of hydrogen-bond acceptors (Lipinski definition) is 5. The molecule has 6 nitrogen and oxygen atoms in total. The molecule has 0 bridgehead atoms. The first-order chi connectivity index (χ1) is 9.08. The van der Waals surface area contributed by atoms with E-state index in [2.05, 4.69) is 5.32 Å². The van der Waals surface area contributed by atoms with E-state index in [9.17, 15) is 15.0 Å². The van der Waals surface area contributed by atoms with Crippen molar-refractivity contribution >= 4 is 5.91 Å². The molecule has 0 aromatic heterocycles. The van der Waals surface area contributed by atoms with E-state index in [-0.39, 0.29) is 23.6 Å². The number of phenols is 2. The maximum Gasteiger partial charge on any atom is 0.259 e. The zero-order valence-corrected chi connectivity index (χ0v) is 10.6. The number of benzene rings is 1. The van der Waals surface area contributed by atoms with Gasteiger partial charge >= 0.3 is 0 Å². The molecule has 1 amide bonds. The van der Waals surface area contributed by atoms with Gasteiger partial charge in [0, 0.05) is 19.8 Å². The molecule has 0 spiro atoms. The number of aromatic hydroxyl groups is 2. The number of hydrogen-bond donors (Lipinski definition) is 4. The van der Waals surface area contributed by atoms with Gasteiger partial charge in [-0.15, -0.1) is 0 Å². The molecule has 0 radical (unpaired) electrons. The molecule has 0 aliphatic carbocycles. The number of ether oxygens (including phenoxy) is 1. The third-order valence-corrected chi connectivity index (χ3v) is 3.47. The second-order valence-electron chi connectivity index (χ2n) is 4.72. The van der Waals surface area contributed by atoms with E-state index >= 15 is 0 Å². The third-order valence-electron chi connectivity index (χ3n) is 3.47. The predicted molar refractivity (Wildman–Crippen MR) is 69.1 cm³/mol. The van der Waals surface area contributed by atoms with Gasteiger partial charge in [-0.05, 0) is 25.0 Å². The second kappa shape index (κ2) is 5.46. The van der Waals surface area contributed by atoms with E-state index in [4.69, 9.17) is 10.5 Å². The molecule has 5 N–H and O–H groups in total. The van der Waals surface area contributed by atoms with Crippen molar-refractivity contribution in [1.29, 1.82) is 0 Å². The number of carbonyl (C=O) groups excluding carboxylic acids is 1. The van der Waals surface area contributed by atoms with Crippen LogP contribution in [0.4, 0.5) is 0 Å². The highest BCUT2D eigenvalue weighted by atomic mass is 16.5. The summed E-state index contributed by atoms with van der Waals surface area (Å²) in [7, 11) is 0. The first kappa shape index (κ1) is 13.6. The number of carbonyl (C=O) groups is 1. The summed E-state index contributed by atoms with van der Waals surface area (Å²) in [5, 5.41) is 22.2. The Balaban J connectivity index is 2.20. The summed E-state index contributed by atoms with van der Waals surface area (Å²) in [6, 6.07) is 4.18. The van der Waals surface area contributed by atoms with E-state index in [1.54, 1.807) is 0 Å². The topological polar surface area (TPSA) is 105 Å². The standard InChI is InChI=1S/C13H18N2O4/c14-8-13(4-6-19-7-5-13)15-12(18)11-9(16)2-1-3-10(11)17/h1-3,16-17H,4-8,14H2,(H,15,18). The average molecular weight is 266 g/mol. The van der Waals surface area contributed by atoms with Gasteiger partial charge < -0.3 is 26.0 Å². The van der Waals surface area contributed by atoms with E-state index < -0.39 is 11.4 Å². The molecule has 19 heavy (non-hydrogen) atoms. The molecule has 1 fully saturated rings. The highest BCUT2D eigenvalue weighted by molar-refractivity contribution is 5.99. The third kappa shape index (κ3) is 2.80. The fourth-order valence-corrected chi connectivity index (χ4v) is 2.21. The van der Waals surface area contributed by atoms with Crippen LogP contribution in [0.15, 0.2) is 18.2 Å². The lowest BCUT2D eigenvalue weighted by Gasteiger charge is -2.37. The molecule has 1 aliphatic heterocycles. The SMILES string of the molecule is NCC1(NC(=O)c2c(O)cccc2O)CCOCC1. The van der Waals surface area contributed by atoms with Crippen LogP contribution in [-0.4, -0.2) is 41.4 Å².